The Bertz CT molecular complexity index is 1040. The Balaban J connectivity index is 1.37. The number of nitrogens with zero attached hydrogens (tertiary/aromatic N) is 3. The quantitative estimate of drug-likeness (QED) is 0.684. The number of nitrogens with one attached hydrogen (secondary N) is 1. The number of hydrogen-bond donors (Lipinski definition) is 1. The number of benzene rings is 1. The minimum absolute atomic E-state index is 0.0190. The summed E-state index contributed by atoms with van der Waals surface area (Å²) in [7, 11) is 0. The van der Waals surface area contributed by atoms with Crippen molar-refractivity contribution in [3.63, 3.8) is 0 Å². The third-order valence-corrected chi connectivity index (χ3v) is 5.31. The molecule has 1 atom stereocenters. The molecule has 0 bridgehead atoms. The molecule has 0 fully saturated rings. The third kappa shape index (κ3) is 4.53. The van der Waals surface area contributed by atoms with Crippen LogP contribution in [0.1, 0.15) is 46.7 Å². The number of rotatable bonds is 5. The van der Waals surface area contributed by atoms with E-state index in [0.717, 1.165) is 48.7 Å². The molecule has 8 heteroatoms. The topological polar surface area (TPSA) is 59.8 Å². The number of carbonyl (C=O) groups excluding carboxylic acids is 1. The Morgan fingerprint density at radius 3 is 2.90 bits per heavy atom. The lowest BCUT2D eigenvalue weighted by molar-refractivity contribution is -0.137. The van der Waals surface area contributed by atoms with Crippen LogP contribution in [0.3, 0.4) is 0 Å². The van der Waals surface area contributed by atoms with Crippen molar-refractivity contribution >= 4 is 5.91 Å². The van der Waals surface area contributed by atoms with Gasteiger partial charge in [-0.2, -0.15) is 18.3 Å². The van der Waals surface area contributed by atoms with E-state index < -0.39 is 11.7 Å². The van der Waals surface area contributed by atoms with Crippen LogP contribution >= 0.6 is 0 Å². The first-order valence-corrected chi connectivity index (χ1v) is 9.79. The Morgan fingerprint density at radius 2 is 2.07 bits per heavy atom. The maximum Gasteiger partial charge on any atom is 0.416 e. The van der Waals surface area contributed by atoms with Crippen molar-refractivity contribution in [1.82, 2.24) is 20.1 Å². The zero-order valence-electron chi connectivity index (χ0n) is 16.2. The van der Waals surface area contributed by atoms with Crippen molar-refractivity contribution in [2.45, 2.75) is 44.4 Å². The number of fused-ring (bicyclic) bond motifs is 1. The van der Waals surface area contributed by atoms with Crippen LogP contribution in [0.15, 0.2) is 55.0 Å². The van der Waals surface area contributed by atoms with Crippen LogP contribution in [0.4, 0.5) is 13.2 Å². The molecule has 2 aromatic heterocycles. The molecule has 1 aliphatic rings. The summed E-state index contributed by atoms with van der Waals surface area (Å²) in [4.78, 5) is 16.7. The van der Waals surface area contributed by atoms with Gasteiger partial charge in [0.2, 0.25) is 5.91 Å². The highest BCUT2D eigenvalue weighted by Gasteiger charge is 2.30. The molecule has 1 aromatic carbocycles. The van der Waals surface area contributed by atoms with Crippen molar-refractivity contribution in [3.05, 3.63) is 82.9 Å². The van der Waals surface area contributed by atoms with Gasteiger partial charge >= 0.3 is 6.18 Å². The molecule has 1 amide bonds. The minimum Gasteiger partial charge on any atom is -0.351 e. The highest BCUT2D eigenvalue weighted by Crippen LogP contribution is 2.31. The third-order valence-electron chi connectivity index (χ3n) is 5.31. The summed E-state index contributed by atoms with van der Waals surface area (Å²) in [5, 5.41) is 7.13. The molecule has 0 saturated carbocycles. The lowest BCUT2D eigenvalue weighted by Crippen LogP contribution is -2.30. The van der Waals surface area contributed by atoms with Gasteiger partial charge in [0.15, 0.2) is 0 Å². The second-order valence-electron chi connectivity index (χ2n) is 7.44. The second-order valence-corrected chi connectivity index (χ2v) is 7.44. The molecule has 0 spiro atoms. The van der Waals surface area contributed by atoms with Gasteiger partial charge in [-0.1, -0.05) is 24.3 Å². The first kappa shape index (κ1) is 20.1. The summed E-state index contributed by atoms with van der Waals surface area (Å²) in [6.07, 6.45) is 2.84. The average Bonchev–Trinajstić information content (AvgIpc) is 3.18. The molecule has 1 unspecified atom stereocenters. The average molecular weight is 414 g/mol. The van der Waals surface area contributed by atoms with Crippen molar-refractivity contribution in [2.24, 2.45) is 0 Å². The monoisotopic (exact) mass is 414 g/mol. The molecule has 0 radical (unpaired) electrons. The first-order valence-electron chi connectivity index (χ1n) is 9.79. The lowest BCUT2D eigenvalue weighted by atomic mass is 9.82. The fourth-order valence-electron chi connectivity index (χ4n) is 3.83. The van der Waals surface area contributed by atoms with Gasteiger partial charge in [0, 0.05) is 24.5 Å². The molecule has 1 N–H and O–H groups in total. The standard InChI is InChI=1S/C22H21F3N4O/c23-22(24,25)17-8-9-26-18(10-17)14-29-13-15(12-28-29)11-27-21(30)20-7-3-5-16-4-1-2-6-19(16)20/h1-2,4,6,8-10,12-13,20H,3,5,7,11,14H2,(H,27,30). The summed E-state index contributed by atoms with van der Waals surface area (Å²) >= 11 is 0. The first-order chi connectivity index (χ1) is 14.4. The molecule has 4 rings (SSSR count). The van der Waals surface area contributed by atoms with E-state index in [1.165, 1.54) is 10.2 Å². The van der Waals surface area contributed by atoms with Crippen LogP contribution in [-0.2, 0) is 30.5 Å². The van der Waals surface area contributed by atoms with Crippen molar-refractivity contribution in [1.29, 1.82) is 0 Å². The highest BCUT2D eigenvalue weighted by molar-refractivity contribution is 5.84. The normalized spacial score (nSPS) is 16.2. The van der Waals surface area contributed by atoms with Gasteiger partial charge < -0.3 is 5.32 Å². The molecule has 1 aliphatic carbocycles. The van der Waals surface area contributed by atoms with E-state index in [9.17, 15) is 18.0 Å². The van der Waals surface area contributed by atoms with E-state index in [-0.39, 0.29) is 24.1 Å². The van der Waals surface area contributed by atoms with E-state index in [0.29, 0.717) is 6.54 Å². The SMILES string of the molecule is O=C(NCc1cnn(Cc2cc(C(F)(F)F)ccn2)c1)C1CCCc2ccccc21. The number of pyridine rings is 1. The fourth-order valence-corrected chi connectivity index (χ4v) is 3.83. The van der Waals surface area contributed by atoms with Gasteiger partial charge in [0.05, 0.1) is 29.9 Å². The van der Waals surface area contributed by atoms with Gasteiger partial charge in [0.1, 0.15) is 0 Å². The number of alkyl halides is 3. The fraction of sp³-hybridized carbons (Fsp3) is 0.318. The number of aromatic nitrogens is 3. The number of aryl methyl sites for hydroxylation is 1. The van der Waals surface area contributed by atoms with Crippen LogP contribution in [0, 0.1) is 0 Å². The molecule has 0 aliphatic heterocycles. The summed E-state index contributed by atoms with van der Waals surface area (Å²) < 4.78 is 40.0. The van der Waals surface area contributed by atoms with Crippen LogP contribution in [0.2, 0.25) is 0 Å². The molecular formula is C22H21F3N4O. The molecule has 2 heterocycles. The molecule has 5 nitrogen and oxygen atoms in total. The molecular weight excluding hydrogens is 393 g/mol. The summed E-state index contributed by atoms with van der Waals surface area (Å²) in [6, 6.07) is 9.99. The van der Waals surface area contributed by atoms with Gasteiger partial charge in [-0.15, -0.1) is 0 Å². The number of hydrogen-bond acceptors (Lipinski definition) is 3. The molecule has 156 valence electrons. The van der Waals surface area contributed by atoms with Crippen LogP contribution in [0.25, 0.3) is 0 Å². The zero-order chi connectivity index (χ0) is 21.1. The van der Waals surface area contributed by atoms with E-state index in [1.807, 2.05) is 18.2 Å². The van der Waals surface area contributed by atoms with Crippen LogP contribution in [-0.4, -0.2) is 20.7 Å². The van der Waals surface area contributed by atoms with Gasteiger partial charge in [-0.05, 0) is 42.5 Å². The smallest absolute Gasteiger partial charge is 0.351 e. The lowest BCUT2D eigenvalue weighted by Gasteiger charge is -2.24. The van der Waals surface area contributed by atoms with E-state index in [4.69, 9.17) is 0 Å². The van der Waals surface area contributed by atoms with E-state index >= 15 is 0 Å². The van der Waals surface area contributed by atoms with Crippen LogP contribution in [0.5, 0.6) is 0 Å². The number of carbonyl (C=O) groups is 1. The Kier molecular flexibility index (Phi) is 5.57. The Morgan fingerprint density at radius 1 is 1.23 bits per heavy atom. The van der Waals surface area contributed by atoms with Gasteiger partial charge in [-0.25, -0.2) is 0 Å². The molecule has 30 heavy (non-hydrogen) atoms. The number of halogens is 3. The van der Waals surface area contributed by atoms with Gasteiger partial charge in [0.25, 0.3) is 0 Å². The van der Waals surface area contributed by atoms with Gasteiger partial charge in [-0.3, -0.25) is 14.5 Å². The van der Waals surface area contributed by atoms with Crippen molar-refractivity contribution in [2.75, 3.05) is 0 Å². The predicted octanol–water partition coefficient (Wildman–Crippen LogP) is 4.08. The summed E-state index contributed by atoms with van der Waals surface area (Å²) in [6.45, 7) is 0.432. The van der Waals surface area contributed by atoms with Crippen molar-refractivity contribution in [3.8, 4) is 0 Å². The van der Waals surface area contributed by atoms with E-state index in [1.54, 1.807) is 12.4 Å². The summed E-state index contributed by atoms with van der Waals surface area (Å²) in [5.74, 6) is -0.172. The molecule has 3 aromatic rings. The Hall–Kier alpha value is -3.16. The van der Waals surface area contributed by atoms with Crippen LogP contribution < -0.4 is 5.32 Å². The highest BCUT2D eigenvalue weighted by atomic mass is 19.4. The zero-order valence-corrected chi connectivity index (χ0v) is 16.2. The largest absolute Gasteiger partial charge is 0.416 e. The Labute approximate surface area is 171 Å². The maximum atomic E-state index is 12.8. The molecule has 0 saturated heterocycles. The minimum atomic E-state index is -4.41. The second kappa shape index (κ2) is 8.30. The van der Waals surface area contributed by atoms with E-state index in [2.05, 4.69) is 21.5 Å². The summed E-state index contributed by atoms with van der Waals surface area (Å²) in [5.41, 5.74) is 2.62. The maximum absolute atomic E-state index is 12.8. The predicted molar refractivity (Wildman–Crippen MR) is 105 cm³/mol. The number of amides is 1. The van der Waals surface area contributed by atoms with Crippen molar-refractivity contribution < 1.29 is 18.0 Å².